The first kappa shape index (κ1) is 9.56. The summed E-state index contributed by atoms with van der Waals surface area (Å²) in [5, 5.41) is 10.3. The standard InChI is InChI=1S/C11H19N3/c1-8-4-3-5-11(9(8)2)14-10-6-12-13-7-10/h6-9,11,14H,3-5H2,1-2H3,(H,12,13). The smallest absolute Gasteiger partial charge is 0.0726 e. The van der Waals surface area contributed by atoms with Crippen LogP contribution < -0.4 is 5.32 Å². The van der Waals surface area contributed by atoms with Crippen molar-refractivity contribution in [3.63, 3.8) is 0 Å². The minimum absolute atomic E-state index is 0.622. The van der Waals surface area contributed by atoms with Crippen molar-refractivity contribution in [3.8, 4) is 0 Å². The summed E-state index contributed by atoms with van der Waals surface area (Å²) in [4.78, 5) is 0. The largest absolute Gasteiger partial charge is 0.380 e. The van der Waals surface area contributed by atoms with Crippen molar-refractivity contribution >= 4 is 5.69 Å². The third kappa shape index (κ3) is 1.91. The number of aromatic amines is 1. The molecule has 3 nitrogen and oxygen atoms in total. The molecule has 0 saturated heterocycles. The summed E-state index contributed by atoms with van der Waals surface area (Å²) < 4.78 is 0. The molecular formula is C11H19N3. The van der Waals surface area contributed by atoms with Gasteiger partial charge in [-0.25, -0.2) is 0 Å². The second kappa shape index (κ2) is 4.03. The molecule has 1 heterocycles. The fraction of sp³-hybridized carbons (Fsp3) is 0.727. The molecule has 0 spiro atoms. The molecular weight excluding hydrogens is 174 g/mol. The van der Waals surface area contributed by atoms with Gasteiger partial charge in [0.15, 0.2) is 0 Å². The van der Waals surface area contributed by atoms with Crippen LogP contribution in [-0.4, -0.2) is 16.2 Å². The van der Waals surface area contributed by atoms with Gasteiger partial charge in [-0.15, -0.1) is 0 Å². The zero-order valence-electron chi connectivity index (χ0n) is 8.96. The van der Waals surface area contributed by atoms with E-state index in [1.165, 1.54) is 19.3 Å². The van der Waals surface area contributed by atoms with Crippen LogP contribution in [0.2, 0.25) is 0 Å². The van der Waals surface area contributed by atoms with Crippen LogP contribution in [0.15, 0.2) is 12.4 Å². The van der Waals surface area contributed by atoms with Crippen LogP contribution >= 0.6 is 0 Å². The summed E-state index contributed by atoms with van der Waals surface area (Å²) in [5.74, 6) is 1.60. The Morgan fingerprint density at radius 3 is 3.00 bits per heavy atom. The van der Waals surface area contributed by atoms with Crippen molar-refractivity contribution in [1.29, 1.82) is 0 Å². The fourth-order valence-electron chi connectivity index (χ4n) is 2.33. The summed E-state index contributed by atoms with van der Waals surface area (Å²) >= 11 is 0. The van der Waals surface area contributed by atoms with Gasteiger partial charge in [-0.1, -0.05) is 26.7 Å². The molecule has 1 aromatic rings. The lowest BCUT2D eigenvalue weighted by molar-refractivity contribution is 0.253. The first-order valence-electron chi connectivity index (χ1n) is 5.52. The Hall–Kier alpha value is -0.990. The van der Waals surface area contributed by atoms with E-state index in [1.54, 1.807) is 0 Å². The predicted molar refractivity (Wildman–Crippen MR) is 58.2 cm³/mol. The van der Waals surface area contributed by atoms with E-state index in [1.807, 2.05) is 12.4 Å². The molecule has 3 atom stereocenters. The highest BCUT2D eigenvalue weighted by Gasteiger charge is 2.26. The van der Waals surface area contributed by atoms with Gasteiger partial charge in [-0.3, -0.25) is 5.10 Å². The molecule has 0 aliphatic heterocycles. The van der Waals surface area contributed by atoms with Gasteiger partial charge in [0.25, 0.3) is 0 Å². The van der Waals surface area contributed by atoms with E-state index in [2.05, 4.69) is 29.4 Å². The van der Waals surface area contributed by atoms with Crippen molar-refractivity contribution in [1.82, 2.24) is 10.2 Å². The molecule has 0 bridgehead atoms. The molecule has 1 aliphatic carbocycles. The van der Waals surface area contributed by atoms with Gasteiger partial charge in [0, 0.05) is 12.2 Å². The van der Waals surface area contributed by atoms with Crippen molar-refractivity contribution in [2.75, 3.05) is 5.32 Å². The van der Waals surface area contributed by atoms with Crippen LogP contribution in [0.1, 0.15) is 33.1 Å². The van der Waals surface area contributed by atoms with Crippen molar-refractivity contribution in [3.05, 3.63) is 12.4 Å². The van der Waals surface area contributed by atoms with Gasteiger partial charge in [-0.2, -0.15) is 5.10 Å². The minimum Gasteiger partial charge on any atom is -0.380 e. The molecule has 2 rings (SSSR count). The zero-order chi connectivity index (χ0) is 9.97. The lowest BCUT2D eigenvalue weighted by Gasteiger charge is -2.34. The van der Waals surface area contributed by atoms with Crippen LogP contribution in [0.3, 0.4) is 0 Å². The Morgan fingerprint density at radius 2 is 2.29 bits per heavy atom. The topological polar surface area (TPSA) is 40.7 Å². The zero-order valence-corrected chi connectivity index (χ0v) is 8.96. The molecule has 14 heavy (non-hydrogen) atoms. The molecule has 3 unspecified atom stereocenters. The first-order valence-corrected chi connectivity index (χ1v) is 5.52. The van der Waals surface area contributed by atoms with Crippen LogP contribution in [0, 0.1) is 11.8 Å². The Balaban J connectivity index is 1.97. The quantitative estimate of drug-likeness (QED) is 0.758. The summed E-state index contributed by atoms with van der Waals surface area (Å²) in [6.07, 6.45) is 7.79. The number of nitrogens with one attached hydrogen (secondary N) is 2. The monoisotopic (exact) mass is 193 g/mol. The lowest BCUT2D eigenvalue weighted by atomic mass is 9.78. The van der Waals surface area contributed by atoms with Gasteiger partial charge < -0.3 is 5.32 Å². The van der Waals surface area contributed by atoms with Crippen molar-refractivity contribution in [2.24, 2.45) is 11.8 Å². The number of hydrogen-bond donors (Lipinski definition) is 2. The van der Waals surface area contributed by atoms with E-state index in [4.69, 9.17) is 0 Å². The van der Waals surface area contributed by atoms with E-state index < -0.39 is 0 Å². The number of rotatable bonds is 2. The minimum atomic E-state index is 0.622. The number of hydrogen-bond acceptors (Lipinski definition) is 2. The summed E-state index contributed by atoms with van der Waals surface area (Å²) in [7, 11) is 0. The molecule has 0 amide bonds. The highest BCUT2D eigenvalue weighted by molar-refractivity contribution is 5.39. The van der Waals surface area contributed by atoms with Gasteiger partial charge in [0.1, 0.15) is 0 Å². The normalized spacial score (nSPS) is 32.9. The van der Waals surface area contributed by atoms with Crippen molar-refractivity contribution < 1.29 is 0 Å². The van der Waals surface area contributed by atoms with Gasteiger partial charge in [-0.05, 0) is 18.3 Å². The highest BCUT2D eigenvalue weighted by atomic mass is 15.1. The van der Waals surface area contributed by atoms with E-state index in [0.717, 1.165) is 17.5 Å². The fourth-order valence-corrected chi connectivity index (χ4v) is 2.33. The first-order chi connectivity index (χ1) is 6.77. The number of H-pyrrole nitrogens is 1. The molecule has 1 aromatic heterocycles. The second-order valence-electron chi connectivity index (χ2n) is 4.51. The van der Waals surface area contributed by atoms with E-state index in [-0.39, 0.29) is 0 Å². The third-order valence-electron chi connectivity index (χ3n) is 3.56. The predicted octanol–water partition coefficient (Wildman–Crippen LogP) is 2.65. The van der Waals surface area contributed by atoms with E-state index >= 15 is 0 Å². The average molecular weight is 193 g/mol. The molecule has 1 fully saturated rings. The molecule has 3 heteroatoms. The molecule has 0 aromatic carbocycles. The summed E-state index contributed by atoms with van der Waals surface area (Å²) in [5.41, 5.74) is 1.12. The number of nitrogens with zero attached hydrogens (tertiary/aromatic N) is 1. The second-order valence-corrected chi connectivity index (χ2v) is 4.51. The highest BCUT2D eigenvalue weighted by Crippen LogP contribution is 2.31. The Morgan fingerprint density at radius 1 is 1.43 bits per heavy atom. The van der Waals surface area contributed by atoms with Gasteiger partial charge >= 0.3 is 0 Å². The molecule has 78 valence electrons. The maximum Gasteiger partial charge on any atom is 0.0726 e. The lowest BCUT2D eigenvalue weighted by Crippen LogP contribution is -2.34. The Bertz CT molecular complexity index is 268. The van der Waals surface area contributed by atoms with Gasteiger partial charge in [0.05, 0.1) is 11.9 Å². The molecule has 1 saturated carbocycles. The average Bonchev–Trinajstić information content (AvgIpc) is 2.66. The maximum absolute atomic E-state index is 3.94. The SMILES string of the molecule is CC1CCCC(Nc2cn[nH]c2)C1C. The van der Waals surface area contributed by atoms with Crippen molar-refractivity contribution in [2.45, 2.75) is 39.2 Å². The summed E-state index contributed by atoms with van der Waals surface area (Å²) in [6, 6.07) is 0.622. The van der Waals surface area contributed by atoms with Crippen LogP contribution in [0.25, 0.3) is 0 Å². The van der Waals surface area contributed by atoms with E-state index in [9.17, 15) is 0 Å². The molecule has 0 radical (unpaired) electrons. The van der Waals surface area contributed by atoms with Crippen LogP contribution in [-0.2, 0) is 0 Å². The molecule has 1 aliphatic rings. The van der Waals surface area contributed by atoms with Gasteiger partial charge in [0.2, 0.25) is 0 Å². The number of aromatic nitrogens is 2. The van der Waals surface area contributed by atoms with Crippen LogP contribution in [0.4, 0.5) is 5.69 Å². The van der Waals surface area contributed by atoms with Crippen LogP contribution in [0.5, 0.6) is 0 Å². The van der Waals surface area contributed by atoms with E-state index in [0.29, 0.717) is 6.04 Å². The maximum atomic E-state index is 3.94. The third-order valence-corrected chi connectivity index (χ3v) is 3.56. The molecule has 2 N–H and O–H groups in total. The summed E-state index contributed by atoms with van der Waals surface area (Å²) in [6.45, 7) is 4.70. The Kier molecular flexibility index (Phi) is 2.75. The number of anilines is 1. The Labute approximate surface area is 85.3 Å².